The quantitative estimate of drug-likeness (QED) is 0.649. The molecule has 0 spiro atoms. The van der Waals surface area contributed by atoms with Gasteiger partial charge < -0.3 is 9.80 Å². The Balaban J connectivity index is 1.23. The zero-order valence-electron chi connectivity index (χ0n) is 16.2. The molecule has 0 bridgehead atoms. The molecule has 2 fully saturated rings. The summed E-state index contributed by atoms with van der Waals surface area (Å²) in [6.45, 7) is 2.57. The average Bonchev–Trinajstić information content (AvgIpc) is 3.46. The van der Waals surface area contributed by atoms with Gasteiger partial charge in [0.1, 0.15) is 10.3 Å². The molecule has 0 unspecified atom stereocenters. The second kappa shape index (κ2) is 7.60. The highest BCUT2D eigenvalue weighted by Crippen LogP contribution is 2.28. The van der Waals surface area contributed by atoms with Crippen LogP contribution in [0.3, 0.4) is 0 Å². The van der Waals surface area contributed by atoms with Crippen molar-refractivity contribution >= 4 is 42.7 Å². The molecule has 0 radical (unpaired) electrons. The fourth-order valence-electron chi connectivity index (χ4n) is 3.44. The van der Waals surface area contributed by atoms with E-state index < -0.39 is 10.0 Å². The Morgan fingerprint density at radius 2 is 1.80 bits per heavy atom. The molecule has 10 heteroatoms. The molecule has 8 nitrogen and oxygen atoms in total. The third-order valence-electron chi connectivity index (χ3n) is 5.30. The molecular formula is C20H21N5O3S2. The predicted molar refractivity (Wildman–Crippen MR) is 115 cm³/mol. The van der Waals surface area contributed by atoms with Crippen LogP contribution in [0, 0.1) is 0 Å². The summed E-state index contributed by atoms with van der Waals surface area (Å²) in [5.41, 5.74) is 1.39. The number of hydrogen-bond donors (Lipinski definition) is 1. The smallest absolute Gasteiger partial charge is 0.253 e. The Kier molecular flexibility index (Phi) is 4.92. The van der Waals surface area contributed by atoms with Gasteiger partial charge in [-0.25, -0.2) is 23.1 Å². The lowest BCUT2D eigenvalue weighted by Crippen LogP contribution is -2.48. The van der Waals surface area contributed by atoms with Gasteiger partial charge in [0.2, 0.25) is 10.0 Å². The van der Waals surface area contributed by atoms with E-state index in [4.69, 9.17) is 0 Å². The summed E-state index contributed by atoms with van der Waals surface area (Å²) >= 11 is 1.56. The van der Waals surface area contributed by atoms with E-state index in [1.54, 1.807) is 34.6 Å². The number of piperazine rings is 1. The normalized spacial score (nSPS) is 17.5. The van der Waals surface area contributed by atoms with Crippen LogP contribution in [0.4, 0.5) is 5.13 Å². The minimum atomic E-state index is -3.51. The van der Waals surface area contributed by atoms with Crippen LogP contribution in [0.2, 0.25) is 0 Å². The topological polar surface area (TPSA) is 95.5 Å². The first-order valence-electron chi connectivity index (χ1n) is 9.88. The number of thiazole rings is 1. The molecule has 2 aliphatic rings. The number of benzene rings is 1. The summed E-state index contributed by atoms with van der Waals surface area (Å²) in [5, 5.41) is 0.925. The Labute approximate surface area is 178 Å². The van der Waals surface area contributed by atoms with Crippen molar-refractivity contribution in [3.8, 4) is 0 Å². The summed E-state index contributed by atoms with van der Waals surface area (Å²) in [7, 11) is -3.51. The number of fused-ring (bicyclic) bond motifs is 1. The van der Waals surface area contributed by atoms with E-state index in [9.17, 15) is 13.2 Å². The lowest BCUT2D eigenvalue weighted by Gasteiger charge is -2.34. The third kappa shape index (κ3) is 3.90. The number of hydrogen-bond acceptors (Lipinski definition) is 7. The van der Waals surface area contributed by atoms with Crippen LogP contribution < -0.4 is 9.62 Å². The molecule has 5 rings (SSSR count). The minimum absolute atomic E-state index is 0.0545. The Bertz CT molecular complexity index is 1150. The third-order valence-corrected chi connectivity index (χ3v) is 7.88. The van der Waals surface area contributed by atoms with Crippen molar-refractivity contribution in [2.45, 2.75) is 23.8 Å². The highest BCUT2D eigenvalue weighted by Gasteiger charge is 2.28. The summed E-state index contributed by atoms with van der Waals surface area (Å²) in [5.74, 6) is -0.0836. The second-order valence-electron chi connectivity index (χ2n) is 7.52. The maximum atomic E-state index is 12.9. The molecule has 1 saturated heterocycles. The van der Waals surface area contributed by atoms with Crippen LogP contribution in [0.5, 0.6) is 0 Å². The highest BCUT2D eigenvalue weighted by molar-refractivity contribution is 7.89. The van der Waals surface area contributed by atoms with Gasteiger partial charge in [0, 0.05) is 44.0 Å². The average molecular weight is 444 g/mol. The van der Waals surface area contributed by atoms with E-state index in [1.807, 2.05) is 12.1 Å². The van der Waals surface area contributed by atoms with Crippen molar-refractivity contribution < 1.29 is 13.2 Å². The van der Waals surface area contributed by atoms with Crippen molar-refractivity contribution in [3.05, 3.63) is 48.2 Å². The number of carbonyl (C=O) groups excluding carboxylic acids is 1. The first-order chi connectivity index (χ1) is 14.5. The van der Waals surface area contributed by atoms with Crippen LogP contribution >= 0.6 is 11.3 Å². The lowest BCUT2D eigenvalue weighted by atomic mass is 10.2. The van der Waals surface area contributed by atoms with Crippen molar-refractivity contribution in [2.75, 3.05) is 31.1 Å². The van der Waals surface area contributed by atoms with Crippen molar-refractivity contribution in [1.82, 2.24) is 19.6 Å². The van der Waals surface area contributed by atoms with Crippen molar-refractivity contribution in [3.63, 3.8) is 0 Å². The molecule has 0 atom stereocenters. The molecular weight excluding hydrogens is 422 g/mol. The van der Waals surface area contributed by atoms with Gasteiger partial charge in [-0.2, -0.15) is 0 Å². The first kappa shape index (κ1) is 19.4. The van der Waals surface area contributed by atoms with Gasteiger partial charge in [0.25, 0.3) is 5.91 Å². The highest BCUT2D eigenvalue weighted by atomic mass is 32.2. The molecule has 1 amide bonds. The standard InChI is InChI=1S/C20H21N5O3S2/c26-19(14-3-7-16(8-4-14)30(27,28)23-15-5-6-15)24-10-12-25(13-11-24)20-22-17-2-1-9-21-18(17)29-20/h1-4,7-9,15,23H,5-6,10-13H2. The first-order valence-corrected chi connectivity index (χ1v) is 12.2. The van der Waals surface area contributed by atoms with Gasteiger partial charge in [-0.1, -0.05) is 11.3 Å². The molecule has 1 aliphatic heterocycles. The summed E-state index contributed by atoms with van der Waals surface area (Å²) in [6.07, 6.45) is 3.53. The second-order valence-corrected chi connectivity index (χ2v) is 10.2. The predicted octanol–water partition coefficient (Wildman–Crippen LogP) is 2.09. The van der Waals surface area contributed by atoms with Gasteiger partial charge in [-0.05, 0) is 49.2 Å². The zero-order valence-corrected chi connectivity index (χ0v) is 17.8. The molecule has 3 heterocycles. The number of nitrogens with one attached hydrogen (secondary N) is 1. The van der Waals surface area contributed by atoms with Gasteiger partial charge >= 0.3 is 0 Å². The van der Waals surface area contributed by atoms with Gasteiger partial charge in [-0.15, -0.1) is 0 Å². The number of nitrogens with zero attached hydrogens (tertiary/aromatic N) is 4. The summed E-state index contributed by atoms with van der Waals surface area (Å²) in [4.78, 5) is 26.9. The molecule has 1 saturated carbocycles. The molecule has 1 aromatic carbocycles. The molecule has 1 N–H and O–H groups in total. The Morgan fingerprint density at radius 3 is 2.47 bits per heavy atom. The van der Waals surface area contributed by atoms with Crippen LogP contribution in [-0.2, 0) is 10.0 Å². The molecule has 156 valence electrons. The van der Waals surface area contributed by atoms with Gasteiger partial charge in [0.05, 0.1) is 4.90 Å². The molecule has 1 aliphatic carbocycles. The number of anilines is 1. The number of amides is 1. The number of rotatable bonds is 5. The zero-order chi connectivity index (χ0) is 20.7. The molecule has 30 heavy (non-hydrogen) atoms. The van der Waals surface area contributed by atoms with Crippen molar-refractivity contribution in [1.29, 1.82) is 0 Å². The van der Waals surface area contributed by atoms with Crippen LogP contribution in [0.15, 0.2) is 47.5 Å². The number of sulfonamides is 1. The summed E-state index contributed by atoms with van der Waals surface area (Å²) < 4.78 is 27.2. The maximum Gasteiger partial charge on any atom is 0.253 e. The molecule has 2 aromatic heterocycles. The van der Waals surface area contributed by atoms with E-state index in [-0.39, 0.29) is 16.8 Å². The summed E-state index contributed by atoms with van der Waals surface area (Å²) in [6, 6.07) is 10.1. The minimum Gasteiger partial charge on any atom is -0.344 e. The van der Waals surface area contributed by atoms with Gasteiger partial charge in [0.15, 0.2) is 5.13 Å². The fraction of sp³-hybridized carbons (Fsp3) is 0.350. The van der Waals surface area contributed by atoms with E-state index in [0.717, 1.165) is 28.3 Å². The lowest BCUT2D eigenvalue weighted by molar-refractivity contribution is 0.0746. The van der Waals surface area contributed by atoms with E-state index >= 15 is 0 Å². The SMILES string of the molecule is O=C(c1ccc(S(=O)(=O)NC2CC2)cc1)N1CCN(c2nc3cccnc3s2)CC1. The van der Waals surface area contributed by atoms with E-state index in [0.29, 0.717) is 31.7 Å². The van der Waals surface area contributed by atoms with Crippen LogP contribution in [0.25, 0.3) is 10.3 Å². The van der Waals surface area contributed by atoms with Crippen LogP contribution in [0.1, 0.15) is 23.2 Å². The van der Waals surface area contributed by atoms with Crippen molar-refractivity contribution in [2.24, 2.45) is 0 Å². The van der Waals surface area contributed by atoms with Crippen LogP contribution in [-0.4, -0.2) is 61.4 Å². The monoisotopic (exact) mass is 443 g/mol. The Morgan fingerprint density at radius 1 is 1.07 bits per heavy atom. The van der Waals surface area contributed by atoms with E-state index in [2.05, 4.69) is 19.6 Å². The number of carbonyl (C=O) groups is 1. The number of pyridine rings is 1. The van der Waals surface area contributed by atoms with Gasteiger partial charge in [-0.3, -0.25) is 4.79 Å². The number of aromatic nitrogens is 2. The molecule has 3 aromatic rings. The maximum absolute atomic E-state index is 12.9. The Hall–Kier alpha value is -2.56. The fourth-order valence-corrected chi connectivity index (χ4v) is 5.71. The largest absolute Gasteiger partial charge is 0.344 e. The van der Waals surface area contributed by atoms with E-state index in [1.165, 1.54) is 12.1 Å².